The number of likely N-dealkylation sites (tertiary alicyclic amines) is 1. The van der Waals surface area contributed by atoms with E-state index in [-0.39, 0.29) is 25.3 Å². The number of ether oxygens (including phenoxy) is 3. The molecule has 2 aromatic rings. The Hall–Kier alpha value is -4.44. The third-order valence-electron chi connectivity index (χ3n) is 8.93. The summed E-state index contributed by atoms with van der Waals surface area (Å²) in [5.74, 6) is -2.15. The molecule has 5 rings (SSSR count). The predicted octanol–water partition coefficient (Wildman–Crippen LogP) is 1.93. The maximum atomic E-state index is 14.3. The summed E-state index contributed by atoms with van der Waals surface area (Å²) in [5.41, 5.74) is -4.32. The number of fused-ring (bicyclic) bond motifs is 1. The molecule has 50 heavy (non-hydrogen) atoms. The smallest absolute Gasteiger partial charge is 0.408 e. The van der Waals surface area contributed by atoms with Crippen molar-refractivity contribution in [2.75, 3.05) is 13.7 Å². The number of carbonyl (C=O) groups excluding carboxylic acids is 4. The molecule has 3 fully saturated rings. The fraction of sp³-hybridized carbons (Fsp3) is 0.559. The fourth-order valence-electron chi connectivity index (χ4n) is 6.03. The average molecular weight is 716 g/mol. The molecule has 3 aliphatic rings. The van der Waals surface area contributed by atoms with Gasteiger partial charge in [-0.25, -0.2) is 18.2 Å². The van der Waals surface area contributed by atoms with Crippen LogP contribution in [0.15, 0.2) is 43.1 Å². The summed E-state index contributed by atoms with van der Waals surface area (Å²) in [5, 5.41) is 17.0. The highest BCUT2D eigenvalue weighted by molar-refractivity contribution is 7.91. The highest BCUT2D eigenvalue weighted by Gasteiger charge is 2.62. The highest BCUT2D eigenvalue weighted by Crippen LogP contribution is 2.45. The summed E-state index contributed by atoms with van der Waals surface area (Å²) in [4.78, 5) is 60.1. The molecule has 4 amide bonds. The molecule has 2 aliphatic carbocycles. The van der Waals surface area contributed by atoms with Crippen LogP contribution in [-0.4, -0.2) is 101 Å². The first-order valence-electron chi connectivity index (χ1n) is 16.4. The second-order valence-corrected chi connectivity index (χ2v) is 16.6. The van der Waals surface area contributed by atoms with Crippen LogP contribution >= 0.6 is 0 Å². The van der Waals surface area contributed by atoms with Crippen LogP contribution in [0, 0.1) is 5.92 Å². The number of hydrogen-bond acceptors (Lipinski definition) is 11. The largest absolute Gasteiger partial charge is 0.497 e. The molecule has 16 heteroatoms. The van der Waals surface area contributed by atoms with Crippen LogP contribution < -0.4 is 24.8 Å². The average Bonchev–Trinajstić information content (AvgIpc) is 3.95. The zero-order chi connectivity index (χ0) is 36.8. The Morgan fingerprint density at radius 2 is 1.84 bits per heavy atom. The third-order valence-corrected chi connectivity index (χ3v) is 10.7. The Labute approximate surface area is 291 Å². The predicted molar refractivity (Wildman–Crippen MR) is 182 cm³/mol. The zero-order valence-corrected chi connectivity index (χ0v) is 29.8. The zero-order valence-electron chi connectivity index (χ0n) is 29.0. The van der Waals surface area contributed by atoms with E-state index in [1.165, 1.54) is 24.8 Å². The highest BCUT2D eigenvalue weighted by atomic mass is 32.2. The van der Waals surface area contributed by atoms with Gasteiger partial charge in [0, 0.05) is 23.9 Å². The van der Waals surface area contributed by atoms with Gasteiger partial charge in [0.1, 0.15) is 35.1 Å². The van der Waals surface area contributed by atoms with Gasteiger partial charge in [-0.2, -0.15) is 0 Å². The summed E-state index contributed by atoms with van der Waals surface area (Å²) in [6, 6.07) is 4.28. The Morgan fingerprint density at radius 3 is 2.42 bits per heavy atom. The van der Waals surface area contributed by atoms with Crippen molar-refractivity contribution in [2.45, 2.75) is 100 Å². The number of amides is 4. The molecule has 1 unspecified atom stereocenters. The normalized spacial score (nSPS) is 24.1. The topological polar surface area (TPSA) is 203 Å². The van der Waals surface area contributed by atoms with Crippen LogP contribution in [0.4, 0.5) is 4.79 Å². The monoisotopic (exact) mass is 715 g/mol. The van der Waals surface area contributed by atoms with Gasteiger partial charge in [0.2, 0.25) is 27.7 Å². The van der Waals surface area contributed by atoms with Crippen molar-refractivity contribution in [3.05, 3.63) is 43.1 Å². The number of alkyl carbamates (subject to hydrolysis) is 1. The van der Waals surface area contributed by atoms with Gasteiger partial charge in [0.25, 0.3) is 5.91 Å². The second-order valence-electron chi connectivity index (χ2n) is 14.6. The van der Waals surface area contributed by atoms with Gasteiger partial charge in [0.05, 0.1) is 24.5 Å². The summed E-state index contributed by atoms with van der Waals surface area (Å²) in [7, 11) is -2.37. The van der Waals surface area contributed by atoms with E-state index in [0.717, 1.165) is 5.39 Å². The summed E-state index contributed by atoms with van der Waals surface area (Å²) in [6.45, 7) is 11.2. The van der Waals surface area contributed by atoms with Gasteiger partial charge in [-0.05, 0) is 83.5 Å². The van der Waals surface area contributed by atoms with Crippen molar-refractivity contribution in [3.63, 3.8) is 0 Å². The van der Waals surface area contributed by atoms with E-state index in [1.54, 1.807) is 58.3 Å². The lowest BCUT2D eigenvalue weighted by Gasteiger charge is -2.35. The molecule has 5 atom stereocenters. The molecule has 1 saturated heterocycles. The molecule has 0 radical (unpaired) electrons. The van der Waals surface area contributed by atoms with Crippen LogP contribution in [0.3, 0.4) is 0 Å². The van der Waals surface area contributed by atoms with Gasteiger partial charge in [-0.1, -0.05) is 6.08 Å². The number of benzene rings is 1. The first-order chi connectivity index (χ1) is 23.3. The molecule has 0 bridgehead atoms. The van der Waals surface area contributed by atoms with E-state index < -0.39 is 79.9 Å². The molecule has 1 aromatic heterocycles. The Kier molecular flexibility index (Phi) is 9.84. The van der Waals surface area contributed by atoms with E-state index in [1.807, 2.05) is 0 Å². The maximum absolute atomic E-state index is 14.3. The minimum atomic E-state index is -3.92. The molecule has 15 nitrogen and oxygen atoms in total. The fourth-order valence-corrected chi connectivity index (χ4v) is 7.40. The first-order valence-corrected chi connectivity index (χ1v) is 17.9. The Morgan fingerprint density at radius 1 is 1.14 bits per heavy atom. The lowest BCUT2D eigenvalue weighted by molar-refractivity contribution is -0.145. The quantitative estimate of drug-likeness (QED) is 0.234. The number of aliphatic hydroxyl groups is 1. The molecule has 4 N–H and O–H groups in total. The SMILES string of the molecule is C=CC1C[C@]1(NC(=O)[C@@H]1C[C@@H](Oc2nccc3cc(OC)ccc23)CN1C(=O)[C@@H](NC(=O)OC(C)(C)C)C(C)(C)O)C(=O)NS(=O)(=O)C1CC1. The van der Waals surface area contributed by atoms with Crippen LogP contribution in [-0.2, 0) is 29.1 Å². The van der Waals surface area contributed by atoms with Gasteiger partial charge in [-0.3, -0.25) is 19.1 Å². The van der Waals surface area contributed by atoms with E-state index in [4.69, 9.17) is 14.2 Å². The summed E-state index contributed by atoms with van der Waals surface area (Å²) < 4.78 is 44.3. The molecular formula is C34H45N5O10S. The summed E-state index contributed by atoms with van der Waals surface area (Å²) in [6.07, 6.45) is 2.17. The Balaban J connectivity index is 1.44. The minimum absolute atomic E-state index is 0.0619. The number of aromatic nitrogens is 1. The molecule has 1 aromatic carbocycles. The molecular weight excluding hydrogens is 670 g/mol. The van der Waals surface area contributed by atoms with E-state index >= 15 is 0 Å². The van der Waals surface area contributed by atoms with Gasteiger partial charge >= 0.3 is 6.09 Å². The lowest BCUT2D eigenvalue weighted by Crippen LogP contribution is -2.62. The number of nitrogens with one attached hydrogen (secondary N) is 3. The number of methoxy groups -OCH3 is 1. The van der Waals surface area contributed by atoms with Crippen LogP contribution in [0.1, 0.15) is 60.3 Å². The number of pyridine rings is 1. The summed E-state index contributed by atoms with van der Waals surface area (Å²) >= 11 is 0. The number of carbonyl (C=O) groups is 4. The van der Waals surface area contributed by atoms with E-state index in [9.17, 15) is 32.7 Å². The van der Waals surface area contributed by atoms with Crippen molar-refractivity contribution >= 4 is 44.6 Å². The van der Waals surface area contributed by atoms with E-state index in [2.05, 4.69) is 26.9 Å². The number of rotatable bonds is 12. The van der Waals surface area contributed by atoms with E-state index in [0.29, 0.717) is 24.0 Å². The van der Waals surface area contributed by atoms with Crippen molar-refractivity contribution in [1.29, 1.82) is 0 Å². The maximum Gasteiger partial charge on any atom is 0.408 e. The lowest BCUT2D eigenvalue weighted by atomic mass is 9.97. The third kappa shape index (κ3) is 7.96. The van der Waals surface area contributed by atoms with Gasteiger partial charge in [-0.15, -0.1) is 6.58 Å². The van der Waals surface area contributed by atoms with Crippen molar-refractivity contribution in [1.82, 2.24) is 25.2 Å². The molecule has 1 aliphatic heterocycles. The number of sulfonamides is 1. The van der Waals surface area contributed by atoms with Crippen molar-refractivity contribution in [2.24, 2.45) is 5.92 Å². The molecule has 272 valence electrons. The number of nitrogens with zero attached hydrogens (tertiary/aromatic N) is 2. The second kappa shape index (κ2) is 13.4. The number of hydrogen-bond donors (Lipinski definition) is 4. The van der Waals surface area contributed by atoms with Gasteiger partial charge in [0.15, 0.2) is 0 Å². The van der Waals surface area contributed by atoms with Crippen LogP contribution in [0.2, 0.25) is 0 Å². The van der Waals surface area contributed by atoms with Crippen LogP contribution in [0.5, 0.6) is 11.6 Å². The van der Waals surface area contributed by atoms with Crippen molar-refractivity contribution in [3.8, 4) is 11.6 Å². The minimum Gasteiger partial charge on any atom is -0.497 e. The first kappa shape index (κ1) is 36.8. The Bertz CT molecular complexity index is 1800. The van der Waals surface area contributed by atoms with Crippen molar-refractivity contribution < 1.29 is 46.9 Å². The molecule has 0 spiro atoms. The molecule has 2 saturated carbocycles. The van der Waals surface area contributed by atoms with Gasteiger partial charge < -0.3 is 34.9 Å². The molecule has 2 heterocycles. The van der Waals surface area contributed by atoms with Crippen LogP contribution in [0.25, 0.3) is 10.8 Å². The standard InChI is InChI=1S/C34H45N5O10S/c1-8-20-17-34(20,30(42)38-50(45,46)23-10-11-23)37-27(40)25-16-22(48-28-24-12-9-21(47-7)15-19(24)13-14-35-28)18-39(25)29(41)26(33(5,6)44)36-31(43)49-32(2,3)4/h8-9,12-15,20,22-23,25-26,44H,1,10-11,16-18H2,2-7H3,(H,36,43)(H,37,40)(H,38,42)/t20?,22-,25+,26-,34-/m1/s1.